The van der Waals surface area contributed by atoms with Crippen LogP contribution in [0.15, 0.2) is 22.7 Å². The van der Waals surface area contributed by atoms with E-state index in [9.17, 15) is 9.18 Å². The third-order valence-electron chi connectivity index (χ3n) is 3.25. The first-order valence-corrected chi connectivity index (χ1v) is 7.35. The van der Waals surface area contributed by atoms with E-state index in [4.69, 9.17) is 0 Å². The first-order chi connectivity index (χ1) is 9.11. The van der Waals surface area contributed by atoms with Crippen LogP contribution >= 0.6 is 15.9 Å². The van der Waals surface area contributed by atoms with Crippen LogP contribution in [0.1, 0.15) is 25.3 Å². The fourth-order valence-corrected chi connectivity index (χ4v) is 2.50. The highest BCUT2D eigenvalue weighted by molar-refractivity contribution is 9.10. The van der Waals surface area contributed by atoms with Gasteiger partial charge in [0.1, 0.15) is 5.82 Å². The Morgan fingerprint density at radius 2 is 2.26 bits per heavy atom. The fourth-order valence-electron chi connectivity index (χ4n) is 2.11. The van der Waals surface area contributed by atoms with Crippen LogP contribution in [0.5, 0.6) is 0 Å². The number of benzene rings is 1. The molecule has 0 aliphatic heterocycles. The van der Waals surface area contributed by atoms with Crippen molar-refractivity contribution >= 4 is 21.8 Å². The van der Waals surface area contributed by atoms with E-state index < -0.39 is 0 Å². The summed E-state index contributed by atoms with van der Waals surface area (Å²) in [7, 11) is 0. The molecule has 0 bridgehead atoms. The Balaban J connectivity index is 1.82. The topological polar surface area (TPSA) is 32.3 Å². The van der Waals surface area contributed by atoms with Crippen molar-refractivity contribution in [3.8, 4) is 0 Å². The van der Waals surface area contributed by atoms with Crippen molar-refractivity contribution in [3.05, 3.63) is 34.1 Å². The maximum absolute atomic E-state index is 13.1. The number of carbonyl (C=O) groups excluding carboxylic acids is 1. The number of likely N-dealkylation sites (N-methyl/N-ethyl adjacent to an activating group) is 1. The van der Waals surface area contributed by atoms with Gasteiger partial charge in [-0.25, -0.2) is 4.39 Å². The molecule has 0 heterocycles. The molecular formula is C14H18BrFN2O. The molecule has 5 heteroatoms. The molecule has 0 radical (unpaired) electrons. The van der Waals surface area contributed by atoms with Crippen LogP contribution in [0.2, 0.25) is 0 Å². The van der Waals surface area contributed by atoms with Crippen molar-refractivity contribution in [2.45, 2.75) is 32.4 Å². The molecule has 1 saturated carbocycles. The van der Waals surface area contributed by atoms with Gasteiger partial charge in [0.05, 0.1) is 6.54 Å². The highest BCUT2D eigenvalue weighted by Gasteiger charge is 2.30. The maximum Gasteiger partial charge on any atom is 0.236 e. The summed E-state index contributed by atoms with van der Waals surface area (Å²) < 4.78 is 14.0. The summed E-state index contributed by atoms with van der Waals surface area (Å²) in [5, 5.41) is 3.08. The number of nitrogens with one attached hydrogen (secondary N) is 1. The van der Waals surface area contributed by atoms with Gasteiger partial charge in [-0.05, 0) is 43.5 Å². The van der Waals surface area contributed by atoms with E-state index in [0.717, 1.165) is 29.4 Å². The van der Waals surface area contributed by atoms with Crippen molar-refractivity contribution in [2.75, 3.05) is 13.1 Å². The van der Waals surface area contributed by atoms with Crippen LogP contribution in [-0.4, -0.2) is 29.9 Å². The molecular weight excluding hydrogens is 311 g/mol. The van der Waals surface area contributed by atoms with E-state index in [0.29, 0.717) is 19.1 Å². The van der Waals surface area contributed by atoms with Gasteiger partial charge in [-0.1, -0.05) is 15.9 Å². The lowest BCUT2D eigenvalue weighted by atomic mass is 10.2. The average Bonchev–Trinajstić information content (AvgIpc) is 3.19. The Kier molecular flexibility index (Phi) is 4.93. The zero-order chi connectivity index (χ0) is 13.8. The molecule has 0 atom stereocenters. The molecule has 0 aromatic heterocycles. The summed E-state index contributed by atoms with van der Waals surface area (Å²) >= 11 is 3.37. The zero-order valence-corrected chi connectivity index (χ0v) is 12.5. The second kappa shape index (κ2) is 6.48. The second-order valence-electron chi connectivity index (χ2n) is 4.75. The summed E-state index contributed by atoms with van der Waals surface area (Å²) in [5.74, 6) is -0.142. The van der Waals surface area contributed by atoms with Crippen LogP contribution in [0.4, 0.5) is 4.39 Å². The highest BCUT2D eigenvalue weighted by atomic mass is 79.9. The largest absolute Gasteiger partial charge is 0.339 e. The predicted molar refractivity (Wildman–Crippen MR) is 76.2 cm³/mol. The molecule has 0 spiro atoms. The minimum absolute atomic E-state index is 0.123. The molecule has 3 nitrogen and oxygen atoms in total. The first kappa shape index (κ1) is 14.5. The van der Waals surface area contributed by atoms with Crippen molar-refractivity contribution in [1.29, 1.82) is 0 Å². The lowest BCUT2D eigenvalue weighted by Gasteiger charge is -2.20. The van der Waals surface area contributed by atoms with E-state index in [1.807, 2.05) is 11.8 Å². The molecule has 0 saturated heterocycles. The van der Waals surface area contributed by atoms with Crippen molar-refractivity contribution in [1.82, 2.24) is 10.2 Å². The van der Waals surface area contributed by atoms with E-state index >= 15 is 0 Å². The molecule has 1 aliphatic rings. The van der Waals surface area contributed by atoms with Gasteiger partial charge < -0.3 is 10.2 Å². The van der Waals surface area contributed by atoms with Crippen molar-refractivity contribution in [3.63, 3.8) is 0 Å². The Hall–Kier alpha value is -0.940. The van der Waals surface area contributed by atoms with Crippen LogP contribution in [0, 0.1) is 5.82 Å². The molecule has 1 aromatic rings. The second-order valence-corrected chi connectivity index (χ2v) is 5.60. The number of halogens is 2. The monoisotopic (exact) mass is 328 g/mol. The molecule has 19 heavy (non-hydrogen) atoms. The van der Waals surface area contributed by atoms with Crippen molar-refractivity contribution < 1.29 is 9.18 Å². The number of carbonyl (C=O) groups is 1. The van der Waals surface area contributed by atoms with Gasteiger partial charge in [-0.3, -0.25) is 4.79 Å². The zero-order valence-electron chi connectivity index (χ0n) is 11.0. The number of hydrogen-bond acceptors (Lipinski definition) is 2. The Labute approximate surface area is 121 Å². The summed E-state index contributed by atoms with van der Waals surface area (Å²) in [6.07, 6.45) is 2.24. The smallest absolute Gasteiger partial charge is 0.236 e. The fraction of sp³-hybridized carbons (Fsp3) is 0.500. The third-order valence-corrected chi connectivity index (χ3v) is 4.02. The van der Waals surface area contributed by atoms with E-state index in [-0.39, 0.29) is 11.7 Å². The van der Waals surface area contributed by atoms with Gasteiger partial charge >= 0.3 is 0 Å². The highest BCUT2D eigenvalue weighted by Crippen LogP contribution is 2.26. The summed E-state index contributed by atoms with van der Waals surface area (Å²) in [4.78, 5) is 13.9. The number of nitrogens with zero attached hydrogens (tertiary/aromatic N) is 1. The van der Waals surface area contributed by atoms with Crippen LogP contribution in [-0.2, 0) is 11.3 Å². The Bertz CT molecular complexity index is 463. The molecule has 1 N–H and O–H groups in total. The number of rotatable bonds is 6. The minimum atomic E-state index is -0.264. The van der Waals surface area contributed by atoms with Crippen molar-refractivity contribution in [2.24, 2.45) is 0 Å². The Morgan fingerprint density at radius 3 is 2.89 bits per heavy atom. The lowest BCUT2D eigenvalue weighted by molar-refractivity contribution is -0.130. The number of hydrogen-bond donors (Lipinski definition) is 1. The predicted octanol–water partition coefficient (Wildman–Crippen LogP) is 2.69. The molecule has 2 rings (SSSR count). The molecule has 1 amide bonds. The standard InChI is InChI=1S/C14H18BrFN2O/c1-2-18(12-4-5-12)14(19)9-17-8-10-7-11(16)3-6-13(10)15/h3,6-7,12,17H,2,4-5,8-9H2,1H3. The summed E-state index contributed by atoms with van der Waals surface area (Å²) in [5.41, 5.74) is 0.822. The van der Waals surface area contributed by atoms with E-state index in [2.05, 4.69) is 21.2 Å². The SMILES string of the molecule is CCN(C(=O)CNCc1cc(F)ccc1Br)C1CC1. The molecule has 1 fully saturated rings. The van der Waals surface area contributed by atoms with Crippen LogP contribution < -0.4 is 5.32 Å². The molecule has 1 aliphatic carbocycles. The van der Waals surface area contributed by atoms with Gasteiger partial charge in [0.15, 0.2) is 0 Å². The van der Waals surface area contributed by atoms with E-state index in [1.165, 1.54) is 12.1 Å². The van der Waals surface area contributed by atoms with Crippen LogP contribution in [0.3, 0.4) is 0 Å². The average molecular weight is 329 g/mol. The molecule has 0 unspecified atom stereocenters. The quantitative estimate of drug-likeness (QED) is 0.870. The van der Waals surface area contributed by atoms with Crippen LogP contribution in [0.25, 0.3) is 0 Å². The normalized spacial score (nSPS) is 14.5. The first-order valence-electron chi connectivity index (χ1n) is 6.56. The summed E-state index contributed by atoms with van der Waals surface area (Å²) in [6, 6.07) is 5.00. The maximum atomic E-state index is 13.1. The number of amides is 1. The molecule has 104 valence electrons. The van der Waals surface area contributed by atoms with E-state index in [1.54, 1.807) is 6.07 Å². The Morgan fingerprint density at radius 1 is 1.53 bits per heavy atom. The third kappa shape index (κ3) is 4.01. The van der Waals surface area contributed by atoms with Gasteiger partial charge in [-0.15, -0.1) is 0 Å². The van der Waals surface area contributed by atoms with Gasteiger partial charge in [0.25, 0.3) is 0 Å². The summed E-state index contributed by atoms with van der Waals surface area (Å²) in [6.45, 7) is 3.54. The minimum Gasteiger partial charge on any atom is -0.339 e. The van der Waals surface area contributed by atoms with Gasteiger partial charge in [-0.2, -0.15) is 0 Å². The van der Waals surface area contributed by atoms with Gasteiger partial charge in [0, 0.05) is 23.6 Å². The molecule has 1 aromatic carbocycles. The van der Waals surface area contributed by atoms with Gasteiger partial charge in [0.2, 0.25) is 5.91 Å². The lowest BCUT2D eigenvalue weighted by Crippen LogP contribution is -2.39.